The van der Waals surface area contributed by atoms with Crippen LogP contribution in [0.2, 0.25) is 0 Å². The van der Waals surface area contributed by atoms with Crippen LogP contribution in [0.25, 0.3) is 0 Å². The van der Waals surface area contributed by atoms with Crippen molar-refractivity contribution in [1.29, 1.82) is 0 Å². The number of rotatable bonds is 15. The van der Waals surface area contributed by atoms with Gasteiger partial charge in [0.1, 0.15) is 0 Å². The van der Waals surface area contributed by atoms with E-state index in [2.05, 4.69) is 16.2 Å². The highest BCUT2D eigenvalue weighted by atomic mass is 16.3. The van der Waals surface area contributed by atoms with E-state index in [9.17, 15) is 20.4 Å². The summed E-state index contributed by atoms with van der Waals surface area (Å²) in [5.74, 6) is 0. The van der Waals surface area contributed by atoms with Crippen molar-refractivity contribution in [1.82, 2.24) is 26.2 Å². The molecule has 24 heavy (non-hydrogen) atoms. The number of aliphatic hydroxyl groups is 4. The Morgan fingerprint density at radius 3 is 1.83 bits per heavy atom. The Labute approximate surface area is 145 Å². The van der Waals surface area contributed by atoms with Crippen LogP contribution in [0.4, 0.5) is 0 Å². The molecule has 146 valence electrons. The largest absolute Gasteiger partial charge is 0.392 e. The van der Waals surface area contributed by atoms with Gasteiger partial charge in [0.25, 0.3) is 0 Å². The van der Waals surface area contributed by atoms with Gasteiger partial charge in [0, 0.05) is 39.4 Å². The van der Waals surface area contributed by atoms with E-state index in [4.69, 9.17) is 0 Å². The first-order chi connectivity index (χ1) is 11.2. The third-order valence-electron chi connectivity index (χ3n) is 3.05. The highest BCUT2D eigenvalue weighted by Gasteiger charge is 2.11. The molecule has 0 rings (SSSR count). The summed E-state index contributed by atoms with van der Waals surface area (Å²) in [5, 5.41) is 42.5. The van der Waals surface area contributed by atoms with Crippen molar-refractivity contribution < 1.29 is 20.4 Å². The second-order valence-corrected chi connectivity index (χ2v) is 6.47. The maximum atomic E-state index is 9.58. The van der Waals surface area contributed by atoms with Crippen molar-refractivity contribution in [2.24, 2.45) is 0 Å². The van der Waals surface area contributed by atoms with Crippen molar-refractivity contribution in [3.63, 3.8) is 0 Å². The minimum Gasteiger partial charge on any atom is -0.392 e. The van der Waals surface area contributed by atoms with Crippen molar-refractivity contribution in [2.75, 3.05) is 45.9 Å². The first-order valence-corrected chi connectivity index (χ1v) is 8.60. The van der Waals surface area contributed by atoms with E-state index >= 15 is 0 Å². The van der Waals surface area contributed by atoms with Crippen LogP contribution in [0.1, 0.15) is 27.7 Å². The summed E-state index contributed by atoms with van der Waals surface area (Å²) in [6, 6.07) is 0. The van der Waals surface area contributed by atoms with Crippen LogP contribution in [0.15, 0.2) is 0 Å². The molecule has 0 radical (unpaired) electrons. The van der Waals surface area contributed by atoms with Gasteiger partial charge in [-0.15, -0.1) is 0 Å². The summed E-state index contributed by atoms with van der Waals surface area (Å²) in [6.45, 7) is 10.4. The Balaban J connectivity index is 4.24. The van der Waals surface area contributed by atoms with E-state index < -0.39 is 24.4 Å². The number of hydrogen-bond acceptors (Lipinski definition) is 9. The van der Waals surface area contributed by atoms with Gasteiger partial charge in [0.15, 0.2) is 0 Å². The summed E-state index contributed by atoms with van der Waals surface area (Å²) in [4.78, 5) is 2.04. The van der Waals surface area contributed by atoms with E-state index in [0.717, 1.165) is 0 Å². The molecule has 0 fully saturated rings. The zero-order valence-corrected chi connectivity index (χ0v) is 15.4. The maximum absolute atomic E-state index is 9.58. The molecule has 4 unspecified atom stereocenters. The van der Waals surface area contributed by atoms with Gasteiger partial charge in [-0.25, -0.2) is 10.9 Å². The van der Waals surface area contributed by atoms with Crippen LogP contribution >= 0.6 is 0 Å². The summed E-state index contributed by atoms with van der Waals surface area (Å²) in [6.07, 6.45) is -1.86. The second-order valence-electron chi connectivity index (χ2n) is 6.47. The van der Waals surface area contributed by atoms with Crippen molar-refractivity contribution in [3.8, 4) is 0 Å². The fraction of sp³-hybridized carbons (Fsp3) is 1.00. The lowest BCUT2D eigenvalue weighted by Crippen LogP contribution is -2.54. The smallest absolute Gasteiger partial charge is 0.0667 e. The third kappa shape index (κ3) is 15.2. The van der Waals surface area contributed by atoms with E-state index in [-0.39, 0.29) is 0 Å². The number of hydrogen-bond donors (Lipinski definition) is 7. The van der Waals surface area contributed by atoms with Crippen molar-refractivity contribution >= 4 is 0 Å². The summed E-state index contributed by atoms with van der Waals surface area (Å²) < 4.78 is 0. The topological polar surface area (TPSA) is 123 Å². The number of nitrogens with zero attached hydrogens (tertiary/aromatic N) is 2. The van der Waals surface area contributed by atoms with Gasteiger partial charge in [-0.3, -0.25) is 4.90 Å². The summed E-state index contributed by atoms with van der Waals surface area (Å²) in [7, 11) is 0. The molecule has 0 aliphatic carbocycles. The molecule has 0 aliphatic rings. The Morgan fingerprint density at radius 1 is 0.750 bits per heavy atom. The molecule has 0 aliphatic heterocycles. The Bertz CT molecular complexity index is 293. The van der Waals surface area contributed by atoms with Crippen LogP contribution in [0.3, 0.4) is 0 Å². The minimum absolute atomic E-state index is 0.378. The Morgan fingerprint density at radius 2 is 1.33 bits per heavy atom. The third-order valence-corrected chi connectivity index (χ3v) is 3.05. The lowest BCUT2D eigenvalue weighted by molar-refractivity contribution is 0.0305. The molecule has 7 N–H and O–H groups in total. The predicted octanol–water partition coefficient (Wildman–Crippen LogP) is -2.33. The standard InChI is InChI=1S/C15H37N5O4/c1-12(21)7-16-11-19(9-14(3)23)6-5-17-20(10-15(4)24)18-8-13(2)22/h12-18,21-24H,5-11H2,1-4H3. The lowest BCUT2D eigenvalue weighted by atomic mass is 10.3. The highest BCUT2D eigenvalue weighted by molar-refractivity contribution is 4.64. The van der Waals surface area contributed by atoms with Gasteiger partial charge in [-0.1, -0.05) is 0 Å². The molecule has 0 saturated carbocycles. The second kappa shape index (κ2) is 13.9. The molecule has 4 atom stereocenters. The average molecular weight is 351 g/mol. The van der Waals surface area contributed by atoms with E-state index in [1.165, 1.54) is 0 Å². The zero-order valence-electron chi connectivity index (χ0n) is 15.4. The van der Waals surface area contributed by atoms with Gasteiger partial charge in [0.2, 0.25) is 0 Å². The molecule has 0 aromatic rings. The van der Waals surface area contributed by atoms with Gasteiger partial charge >= 0.3 is 0 Å². The monoisotopic (exact) mass is 351 g/mol. The number of aliphatic hydroxyl groups excluding tert-OH is 4. The molecular formula is C15H37N5O4. The van der Waals surface area contributed by atoms with Crippen LogP contribution in [-0.4, -0.2) is 101 Å². The number of nitrogens with one attached hydrogen (secondary N) is 3. The van der Waals surface area contributed by atoms with Crippen LogP contribution in [-0.2, 0) is 0 Å². The van der Waals surface area contributed by atoms with Gasteiger partial charge in [-0.05, 0) is 27.7 Å². The maximum Gasteiger partial charge on any atom is 0.0667 e. The molecule has 0 saturated heterocycles. The Kier molecular flexibility index (Phi) is 13.7. The van der Waals surface area contributed by atoms with Crippen molar-refractivity contribution in [3.05, 3.63) is 0 Å². The van der Waals surface area contributed by atoms with E-state index in [1.54, 1.807) is 32.8 Å². The zero-order chi connectivity index (χ0) is 18.5. The van der Waals surface area contributed by atoms with E-state index in [1.807, 2.05) is 4.90 Å². The molecule has 0 aromatic heterocycles. The average Bonchev–Trinajstić information content (AvgIpc) is 2.42. The molecule has 0 aromatic carbocycles. The SMILES string of the molecule is CC(O)CNCN(CCNN(CC(C)O)NCC(C)O)CC(C)O. The van der Waals surface area contributed by atoms with Gasteiger partial charge in [-0.2, -0.15) is 5.12 Å². The first kappa shape index (κ1) is 23.6. The van der Waals surface area contributed by atoms with Crippen LogP contribution < -0.4 is 16.2 Å². The Hall–Kier alpha value is -0.360. The first-order valence-electron chi connectivity index (χ1n) is 8.60. The fourth-order valence-corrected chi connectivity index (χ4v) is 2.07. The van der Waals surface area contributed by atoms with E-state index in [0.29, 0.717) is 45.9 Å². The quantitative estimate of drug-likeness (QED) is 0.129. The summed E-state index contributed by atoms with van der Waals surface area (Å²) >= 11 is 0. The molecular weight excluding hydrogens is 314 g/mol. The molecule has 9 nitrogen and oxygen atoms in total. The molecule has 0 heterocycles. The fourth-order valence-electron chi connectivity index (χ4n) is 2.07. The van der Waals surface area contributed by atoms with Crippen LogP contribution in [0, 0.1) is 0 Å². The van der Waals surface area contributed by atoms with Crippen LogP contribution in [0.5, 0.6) is 0 Å². The molecule has 0 spiro atoms. The highest BCUT2D eigenvalue weighted by Crippen LogP contribution is 1.92. The van der Waals surface area contributed by atoms with Crippen molar-refractivity contribution in [2.45, 2.75) is 52.1 Å². The predicted molar refractivity (Wildman–Crippen MR) is 93.9 cm³/mol. The minimum atomic E-state index is -0.514. The lowest BCUT2D eigenvalue weighted by Gasteiger charge is -2.29. The molecule has 0 bridgehead atoms. The number of hydrazine groups is 2. The molecule has 0 amide bonds. The molecule has 9 heteroatoms. The van der Waals surface area contributed by atoms with Gasteiger partial charge in [0.05, 0.1) is 31.0 Å². The normalized spacial score (nSPS) is 17.2. The summed E-state index contributed by atoms with van der Waals surface area (Å²) in [5.41, 5.74) is 6.18. The van der Waals surface area contributed by atoms with Gasteiger partial charge < -0.3 is 25.7 Å².